The first-order valence-electron chi connectivity index (χ1n) is 5.97. The summed E-state index contributed by atoms with van der Waals surface area (Å²) in [5.41, 5.74) is 6.07. The molecule has 1 unspecified atom stereocenters. The van der Waals surface area contributed by atoms with Crippen LogP contribution >= 0.6 is 12.2 Å². The number of thiocarbonyl (C=S) groups is 1. The van der Waals surface area contributed by atoms with Crippen molar-refractivity contribution >= 4 is 28.8 Å². The molecular formula is C13H18FN3OS. The summed E-state index contributed by atoms with van der Waals surface area (Å²) in [5.74, 6) is -0.650. The van der Waals surface area contributed by atoms with Crippen LogP contribution in [-0.4, -0.2) is 23.0 Å². The predicted octanol–water partition coefficient (Wildman–Crippen LogP) is 1.78. The van der Waals surface area contributed by atoms with E-state index in [0.717, 1.165) is 0 Å². The summed E-state index contributed by atoms with van der Waals surface area (Å²) in [6.07, 6.45) is 0. The van der Waals surface area contributed by atoms with Gasteiger partial charge in [-0.3, -0.25) is 4.79 Å². The molecule has 0 saturated carbocycles. The number of carbonyl (C=O) groups excluding carboxylic acids is 1. The highest BCUT2D eigenvalue weighted by Gasteiger charge is 2.14. The Hall–Kier alpha value is -1.69. The van der Waals surface area contributed by atoms with Crippen molar-refractivity contribution < 1.29 is 9.18 Å². The molecule has 4 N–H and O–H groups in total. The van der Waals surface area contributed by atoms with Crippen LogP contribution in [0.3, 0.4) is 0 Å². The average Bonchev–Trinajstić information content (AvgIpc) is 2.27. The summed E-state index contributed by atoms with van der Waals surface area (Å²) >= 11 is 4.72. The zero-order chi connectivity index (χ0) is 14.6. The first kappa shape index (κ1) is 15.4. The standard InChI is InChI=1S/C13H18FN3OS/c1-7(2)16-13(18)8(3)17-9-4-5-10(12(15)19)11(14)6-9/h4-8,17H,1-3H3,(H2,15,19)(H,16,18). The summed E-state index contributed by atoms with van der Waals surface area (Å²) in [4.78, 5) is 11.7. The van der Waals surface area contributed by atoms with Crippen LogP contribution in [0.25, 0.3) is 0 Å². The van der Waals surface area contributed by atoms with Crippen LogP contribution in [0, 0.1) is 5.82 Å². The molecule has 1 atom stereocenters. The molecular weight excluding hydrogens is 265 g/mol. The van der Waals surface area contributed by atoms with Crippen LogP contribution in [-0.2, 0) is 4.79 Å². The fourth-order valence-corrected chi connectivity index (χ4v) is 1.70. The molecule has 104 valence electrons. The van der Waals surface area contributed by atoms with Gasteiger partial charge in [-0.1, -0.05) is 12.2 Å². The number of carbonyl (C=O) groups is 1. The van der Waals surface area contributed by atoms with E-state index in [1.54, 1.807) is 13.0 Å². The van der Waals surface area contributed by atoms with Gasteiger partial charge in [-0.15, -0.1) is 0 Å². The second-order valence-electron chi connectivity index (χ2n) is 4.59. The molecule has 1 amide bonds. The van der Waals surface area contributed by atoms with Gasteiger partial charge in [0.05, 0.1) is 0 Å². The van der Waals surface area contributed by atoms with Crippen molar-refractivity contribution in [2.24, 2.45) is 5.73 Å². The topological polar surface area (TPSA) is 67.2 Å². The normalized spacial score (nSPS) is 12.1. The Morgan fingerprint density at radius 1 is 1.37 bits per heavy atom. The Bertz CT molecular complexity index is 491. The quantitative estimate of drug-likeness (QED) is 0.721. The van der Waals surface area contributed by atoms with Crippen molar-refractivity contribution in [3.8, 4) is 0 Å². The van der Waals surface area contributed by atoms with Crippen LogP contribution in [0.2, 0.25) is 0 Å². The number of rotatable bonds is 5. The number of benzene rings is 1. The number of halogens is 1. The summed E-state index contributed by atoms with van der Waals surface area (Å²) in [6.45, 7) is 5.46. The number of hydrogen-bond acceptors (Lipinski definition) is 3. The first-order valence-corrected chi connectivity index (χ1v) is 6.38. The van der Waals surface area contributed by atoms with Crippen molar-refractivity contribution in [1.29, 1.82) is 0 Å². The second kappa shape index (κ2) is 6.47. The van der Waals surface area contributed by atoms with Crippen LogP contribution in [0.15, 0.2) is 18.2 Å². The van der Waals surface area contributed by atoms with Gasteiger partial charge in [0.2, 0.25) is 5.91 Å². The van der Waals surface area contributed by atoms with Crippen LogP contribution in [0.5, 0.6) is 0 Å². The number of hydrogen-bond donors (Lipinski definition) is 3. The lowest BCUT2D eigenvalue weighted by Gasteiger charge is -2.17. The van der Waals surface area contributed by atoms with E-state index in [9.17, 15) is 9.18 Å². The lowest BCUT2D eigenvalue weighted by Crippen LogP contribution is -2.41. The van der Waals surface area contributed by atoms with Gasteiger partial charge in [0.1, 0.15) is 16.8 Å². The fourth-order valence-electron chi connectivity index (χ4n) is 1.53. The smallest absolute Gasteiger partial charge is 0.242 e. The molecule has 4 nitrogen and oxygen atoms in total. The van der Waals surface area contributed by atoms with Crippen molar-refractivity contribution in [2.45, 2.75) is 32.9 Å². The molecule has 1 rings (SSSR count). The average molecular weight is 283 g/mol. The molecule has 0 aliphatic rings. The van der Waals surface area contributed by atoms with Crippen LogP contribution < -0.4 is 16.4 Å². The summed E-state index contributed by atoms with van der Waals surface area (Å²) in [7, 11) is 0. The van der Waals surface area contributed by atoms with Gasteiger partial charge < -0.3 is 16.4 Å². The maximum atomic E-state index is 13.7. The van der Waals surface area contributed by atoms with Gasteiger partial charge in [0, 0.05) is 17.3 Å². The van der Waals surface area contributed by atoms with E-state index in [4.69, 9.17) is 18.0 Å². The number of anilines is 1. The molecule has 0 aromatic heterocycles. The third kappa shape index (κ3) is 4.48. The molecule has 1 aromatic rings. The molecule has 0 bridgehead atoms. The van der Waals surface area contributed by atoms with E-state index in [2.05, 4.69) is 10.6 Å². The number of amides is 1. The highest BCUT2D eigenvalue weighted by molar-refractivity contribution is 7.80. The van der Waals surface area contributed by atoms with Crippen molar-refractivity contribution in [2.75, 3.05) is 5.32 Å². The lowest BCUT2D eigenvalue weighted by atomic mass is 10.1. The van der Waals surface area contributed by atoms with Crippen LogP contribution in [0.4, 0.5) is 10.1 Å². The Kier molecular flexibility index (Phi) is 5.23. The Balaban J connectivity index is 2.75. The summed E-state index contributed by atoms with van der Waals surface area (Å²) in [5, 5.41) is 5.69. The van der Waals surface area contributed by atoms with Gasteiger partial charge in [-0.25, -0.2) is 4.39 Å². The Morgan fingerprint density at radius 3 is 2.47 bits per heavy atom. The van der Waals surface area contributed by atoms with E-state index in [1.165, 1.54) is 12.1 Å². The maximum Gasteiger partial charge on any atom is 0.242 e. The molecule has 0 radical (unpaired) electrons. The van der Waals surface area contributed by atoms with Crippen molar-refractivity contribution in [3.63, 3.8) is 0 Å². The molecule has 0 heterocycles. The molecule has 1 aromatic carbocycles. The van der Waals surface area contributed by atoms with Gasteiger partial charge in [-0.2, -0.15) is 0 Å². The zero-order valence-electron chi connectivity index (χ0n) is 11.2. The highest BCUT2D eigenvalue weighted by Crippen LogP contribution is 2.15. The molecule has 0 saturated heterocycles. The Morgan fingerprint density at radius 2 is 2.00 bits per heavy atom. The molecule has 0 fully saturated rings. The Labute approximate surface area is 117 Å². The molecule has 19 heavy (non-hydrogen) atoms. The second-order valence-corrected chi connectivity index (χ2v) is 5.03. The minimum atomic E-state index is -0.506. The third-order valence-electron chi connectivity index (χ3n) is 2.44. The third-order valence-corrected chi connectivity index (χ3v) is 2.66. The minimum Gasteiger partial charge on any atom is -0.389 e. The molecule has 6 heteroatoms. The molecule has 0 spiro atoms. The van der Waals surface area contributed by atoms with E-state index in [1.807, 2.05) is 13.8 Å². The van der Waals surface area contributed by atoms with E-state index >= 15 is 0 Å². The maximum absolute atomic E-state index is 13.7. The van der Waals surface area contributed by atoms with Crippen molar-refractivity contribution in [1.82, 2.24) is 5.32 Å². The lowest BCUT2D eigenvalue weighted by molar-refractivity contribution is -0.122. The van der Waals surface area contributed by atoms with Gasteiger partial charge in [0.25, 0.3) is 0 Å². The fraction of sp³-hybridized carbons (Fsp3) is 0.385. The van der Waals surface area contributed by atoms with E-state index in [-0.39, 0.29) is 22.5 Å². The number of nitrogens with one attached hydrogen (secondary N) is 2. The SMILES string of the molecule is CC(C)NC(=O)C(C)Nc1ccc(C(N)=S)c(F)c1. The largest absolute Gasteiger partial charge is 0.389 e. The van der Waals surface area contributed by atoms with Gasteiger partial charge in [0.15, 0.2) is 0 Å². The van der Waals surface area contributed by atoms with E-state index < -0.39 is 11.9 Å². The van der Waals surface area contributed by atoms with E-state index in [0.29, 0.717) is 5.69 Å². The molecule has 0 aliphatic carbocycles. The molecule has 0 aliphatic heterocycles. The van der Waals surface area contributed by atoms with Gasteiger partial charge >= 0.3 is 0 Å². The van der Waals surface area contributed by atoms with Crippen molar-refractivity contribution in [3.05, 3.63) is 29.6 Å². The zero-order valence-corrected chi connectivity index (χ0v) is 12.0. The summed E-state index contributed by atoms with van der Waals surface area (Å²) < 4.78 is 13.7. The first-order chi connectivity index (χ1) is 8.81. The predicted molar refractivity (Wildman–Crippen MR) is 78.7 cm³/mol. The monoisotopic (exact) mass is 283 g/mol. The minimum absolute atomic E-state index is 0.00893. The number of nitrogens with two attached hydrogens (primary N) is 1. The van der Waals surface area contributed by atoms with Gasteiger partial charge in [-0.05, 0) is 39.0 Å². The highest BCUT2D eigenvalue weighted by atomic mass is 32.1. The summed E-state index contributed by atoms with van der Waals surface area (Å²) in [6, 6.07) is 4.00. The van der Waals surface area contributed by atoms with Crippen LogP contribution in [0.1, 0.15) is 26.3 Å².